The molecule has 1 atom stereocenters. The van der Waals surface area contributed by atoms with Crippen LogP contribution in [0.15, 0.2) is 24.4 Å². The van der Waals surface area contributed by atoms with Gasteiger partial charge in [-0.3, -0.25) is 4.79 Å². The Balaban J connectivity index is 2.69. The number of hydrogen-bond donors (Lipinski definition) is 4. The number of nitrogens with one attached hydrogen (secondary N) is 1. The van der Waals surface area contributed by atoms with Crippen LogP contribution in [-0.4, -0.2) is 27.1 Å². The highest BCUT2D eigenvalue weighted by Crippen LogP contribution is 2.25. The van der Waals surface area contributed by atoms with Crippen LogP contribution in [0.5, 0.6) is 0 Å². The summed E-state index contributed by atoms with van der Waals surface area (Å²) in [5.74, 6) is -2.23. The third-order valence-corrected chi connectivity index (χ3v) is 2.59. The number of nitrogens with two attached hydrogens (primary N) is 1. The second-order valence-electron chi connectivity index (χ2n) is 3.59. The van der Waals surface area contributed by atoms with Crippen molar-refractivity contribution in [3.8, 4) is 0 Å². The van der Waals surface area contributed by atoms with E-state index < -0.39 is 18.0 Å². The average molecular weight is 234 g/mol. The maximum absolute atomic E-state index is 11.0. The summed E-state index contributed by atoms with van der Waals surface area (Å²) in [6.07, 6.45) is 1.55. The molecule has 6 nitrogen and oxygen atoms in total. The molecule has 0 saturated carbocycles. The Hall–Kier alpha value is -2.34. The zero-order valence-corrected chi connectivity index (χ0v) is 8.68. The summed E-state index contributed by atoms with van der Waals surface area (Å²) in [4.78, 5) is 24.6. The van der Waals surface area contributed by atoms with E-state index in [-0.39, 0.29) is 5.56 Å². The van der Waals surface area contributed by atoms with Crippen molar-refractivity contribution in [3.63, 3.8) is 0 Å². The number of carboxylic acids is 2. The number of aromatic carboxylic acids is 1. The largest absolute Gasteiger partial charge is 0.480 e. The first-order valence-corrected chi connectivity index (χ1v) is 4.84. The minimum Gasteiger partial charge on any atom is -0.480 e. The van der Waals surface area contributed by atoms with Gasteiger partial charge in [-0.2, -0.15) is 0 Å². The van der Waals surface area contributed by atoms with Crippen molar-refractivity contribution in [2.75, 3.05) is 0 Å². The first-order chi connectivity index (χ1) is 8.02. The standard InChI is InChI=1S/C11H10N2O4/c12-8(11(16)17)5-1-2-7(10(14)15)9-6(5)3-4-13-9/h1-4,8,13H,12H2,(H,14,15)(H,16,17)/t8-/m1/s1. The second kappa shape index (κ2) is 3.91. The van der Waals surface area contributed by atoms with E-state index in [9.17, 15) is 9.59 Å². The van der Waals surface area contributed by atoms with Crippen molar-refractivity contribution in [1.29, 1.82) is 0 Å². The number of hydrogen-bond acceptors (Lipinski definition) is 3. The van der Waals surface area contributed by atoms with Crippen molar-refractivity contribution in [3.05, 3.63) is 35.5 Å². The summed E-state index contributed by atoms with van der Waals surface area (Å²) >= 11 is 0. The van der Waals surface area contributed by atoms with Crippen LogP contribution in [0.25, 0.3) is 10.9 Å². The molecule has 88 valence electrons. The lowest BCUT2D eigenvalue weighted by atomic mass is 10.0. The van der Waals surface area contributed by atoms with Gasteiger partial charge in [-0.25, -0.2) is 4.79 Å². The van der Waals surface area contributed by atoms with Gasteiger partial charge in [0.25, 0.3) is 0 Å². The minimum absolute atomic E-state index is 0.0892. The van der Waals surface area contributed by atoms with E-state index in [0.29, 0.717) is 16.5 Å². The first-order valence-electron chi connectivity index (χ1n) is 4.84. The fraction of sp³-hybridized carbons (Fsp3) is 0.0909. The van der Waals surface area contributed by atoms with Crippen LogP contribution in [-0.2, 0) is 4.79 Å². The fourth-order valence-corrected chi connectivity index (χ4v) is 1.76. The lowest BCUT2D eigenvalue weighted by Crippen LogP contribution is -2.21. The molecule has 0 bridgehead atoms. The van der Waals surface area contributed by atoms with E-state index in [2.05, 4.69) is 4.98 Å². The Labute approximate surface area is 95.7 Å². The summed E-state index contributed by atoms with van der Waals surface area (Å²) in [7, 11) is 0. The lowest BCUT2D eigenvalue weighted by molar-refractivity contribution is -0.138. The van der Waals surface area contributed by atoms with Crippen LogP contribution < -0.4 is 5.73 Å². The molecule has 6 heteroatoms. The van der Waals surface area contributed by atoms with Gasteiger partial charge < -0.3 is 20.9 Å². The van der Waals surface area contributed by atoms with E-state index >= 15 is 0 Å². The van der Waals surface area contributed by atoms with Crippen LogP contribution >= 0.6 is 0 Å². The Kier molecular flexibility index (Phi) is 2.57. The topological polar surface area (TPSA) is 116 Å². The zero-order valence-electron chi connectivity index (χ0n) is 8.68. The number of fused-ring (bicyclic) bond motifs is 1. The van der Waals surface area contributed by atoms with Crippen molar-refractivity contribution < 1.29 is 19.8 Å². The van der Waals surface area contributed by atoms with Gasteiger partial charge in [0.1, 0.15) is 6.04 Å². The van der Waals surface area contributed by atoms with Crippen molar-refractivity contribution >= 4 is 22.8 Å². The van der Waals surface area contributed by atoms with Crippen molar-refractivity contribution in [2.24, 2.45) is 5.73 Å². The van der Waals surface area contributed by atoms with Gasteiger partial charge >= 0.3 is 11.9 Å². The minimum atomic E-state index is -1.17. The molecule has 2 aromatic rings. The highest BCUT2D eigenvalue weighted by atomic mass is 16.4. The molecule has 0 radical (unpaired) electrons. The summed E-state index contributed by atoms with van der Waals surface area (Å²) in [5, 5.41) is 18.3. The number of carbonyl (C=O) groups is 2. The number of benzene rings is 1. The molecule has 0 saturated heterocycles. The normalized spacial score (nSPS) is 12.5. The molecular weight excluding hydrogens is 224 g/mol. The molecule has 5 N–H and O–H groups in total. The quantitative estimate of drug-likeness (QED) is 0.630. The molecule has 1 aromatic carbocycles. The predicted octanol–water partition coefficient (Wildman–Crippen LogP) is 0.951. The molecule has 0 spiro atoms. The Morgan fingerprint density at radius 3 is 2.53 bits per heavy atom. The SMILES string of the molecule is N[C@@H](C(=O)O)c1ccc(C(=O)O)c2[nH]ccc12. The molecule has 1 aromatic heterocycles. The predicted molar refractivity (Wildman–Crippen MR) is 59.8 cm³/mol. The molecule has 0 aliphatic carbocycles. The zero-order chi connectivity index (χ0) is 12.6. The van der Waals surface area contributed by atoms with Crippen LogP contribution in [0.4, 0.5) is 0 Å². The maximum atomic E-state index is 11.0. The van der Waals surface area contributed by atoms with Gasteiger partial charge in [-0.05, 0) is 17.7 Å². The number of aromatic nitrogens is 1. The molecular formula is C11H10N2O4. The molecule has 0 unspecified atom stereocenters. The highest BCUT2D eigenvalue weighted by molar-refractivity contribution is 6.04. The number of carboxylic acid groups (broad SMARTS) is 2. The maximum Gasteiger partial charge on any atom is 0.337 e. The number of rotatable bonds is 3. The molecule has 0 aliphatic heterocycles. The van der Waals surface area contributed by atoms with E-state index in [0.717, 1.165) is 0 Å². The van der Waals surface area contributed by atoms with E-state index in [4.69, 9.17) is 15.9 Å². The average Bonchev–Trinajstić information content (AvgIpc) is 2.74. The Bertz CT molecular complexity index is 603. The number of aliphatic carboxylic acids is 1. The Morgan fingerprint density at radius 1 is 1.24 bits per heavy atom. The Morgan fingerprint density at radius 2 is 1.94 bits per heavy atom. The summed E-state index contributed by atoms with van der Waals surface area (Å²) in [6, 6.07) is 3.22. The monoisotopic (exact) mass is 234 g/mol. The second-order valence-corrected chi connectivity index (χ2v) is 3.59. The highest BCUT2D eigenvalue weighted by Gasteiger charge is 2.20. The van der Waals surface area contributed by atoms with Crippen LogP contribution in [0, 0.1) is 0 Å². The van der Waals surface area contributed by atoms with Gasteiger partial charge in [0.05, 0.1) is 11.1 Å². The number of aromatic amines is 1. The van der Waals surface area contributed by atoms with Crippen LogP contribution in [0.3, 0.4) is 0 Å². The molecule has 0 fully saturated rings. The molecule has 0 amide bonds. The van der Waals surface area contributed by atoms with Crippen LogP contribution in [0.1, 0.15) is 22.0 Å². The van der Waals surface area contributed by atoms with Gasteiger partial charge in [0.2, 0.25) is 0 Å². The number of H-pyrrole nitrogens is 1. The molecule has 2 rings (SSSR count). The molecule has 0 aliphatic rings. The van der Waals surface area contributed by atoms with Gasteiger partial charge in [-0.15, -0.1) is 0 Å². The summed E-state index contributed by atoms with van der Waals surface area (Å²) in [5.41, 5.74) is 6.39. The van der Waals surface area contributed by atoms with E-state index in [1.165, 1.54) is 12.1 Å². The third kappa shape index (κ3) is 1.74. The van der Waals surface area contributed by atoms with Crippen molar-refractivity contribution in [2.45, 2.75) is 6.04 Å². The summed E-state index contributed by atoms with van der Waals surface area (Å²) in [6.45, 7) is 0. The molecule has 1 heterocycles. The fourth-order valence-electron chi connectivity index (χ4n) is 1.76. The summed E-state index contributed by atoms with van der Waals surface area (Å²) < 4.78 is 0. The van der Waals surface area contributed by atoms with E-state index in [1.54, 1.807) is 12.3 Å². The smallest absolute Gasteiger partial charge is 0.337 e. The van der Waals surface area contributed by atoms with E-state index in [1.807, 2.05) is 0 Å². The van der Waals surface area contributed by atoms with Gasteiger partial charge in [-0.1, -0.05) is 6.07 Å². The third-order valence-electron chi connectivity index (χ3n) is 2.59. The lowest BCUT2D eigenvalue weighted by Gasteiger charge is -2.09. The van der Waals surface area contributed by atoms with Gasteiger partial charge in [0.15, 0.2) is 0 Å². The van der Waals surface area contributed by atoms with Crippen LogP contribution in [0.2, 0.25) is 0 Å². The molecule has 17 heavy (non-hydrogen) atoms. The van der Waals surface area contributed by atoms with Gasteiger partial charge in [0, 0.05) is 11.6 Å². The first kappa shape index (κ1) is 11.2. The van der Waals surface area contributed by atoms with Crippen molar-refractivity contribution in [1.82, 2.24) is 4.98 Å².